The Bertz CT molecular complexity index is 1450. The summed E-state index contributed by atoms with van der Waals surface area (Å²) in [6.07, 6.45) is 0. The highest BCUT2D eigenvalue weighted by Gasteiger charge is 2.42. The van der Waals surface area contributed by atoms with E-state index in [1.165, 1.54) is 19.1 Å². The Morgan fingerprint density at radius 2 is 1.70 bits per heavy atom. The molecule has 1 amide bonds. The topological polar surface area (TPSA) is 229 Å². The Hall–Kier alpha value is -3.73. The highest BCUT2D eigenvalue weighted by atomic mass is 32.2. The number of hydrogen-bond donors (Lipinski definition) is 4. The quantitative estimate of drug-likeness (QED) is 0.251. The fraction of sp³-hybridized carbons (Fsp3) is 0.118. The van der Waals surface area contributed by atoms with E-state index in [0.717, 1.165) is 24.3 Å². The molecule has 16 heteroatoms. The van der Waals surface area contributed by atoms with Crippen LogP contribution in [0.3, 0.4) is 0 Å². The second kappa shape index (κ2) is 8.32. The van der Waals surface area contributed by atoms with Crippen molar-refractivity contribution in [2.75, 3.05) is 10.7 Å². The van der Waals surface area contributed by atoms with Gasteiger partial charge in [0.05, 0.1) is 5.69 Å². The van der Waals surface area contributed by atoms with E-state index < -0.39 is 53.7 Å². The maximum atomic E-state index is 12.9. The first-order chi connectivity index (χ1) is 15.2. The molecule has 0 spiro atoms. The van der Waals surface area contributed by atoms with Crippen molar-refractivity contribution in [1.29, 1.82) is 0 Å². The molecule has 2 aromatic rings. The van der Waals surface area contributed by atoms with Gasteiger partial charge in [0, 0.05) is 5.69 Å². The Kier molecular flexibility index (Phi) is 6.03. The van der Waals surface area contributed by atoms with Gasteiger partial charge in [0.15, 0.2) is 5.71 Å². The lowest BCUT2D eigenvalue weighted by Gasteiger charge is -2.17. The second-order valence-electron chi connectivity index (χ2n) is 6.64. The number of hydrazone groups is 1. The first kappa shape index (κ1) is 23.9. The summed E-state index contributed by atoms with van der Waals surface area (Å²) in [6, 6.07) is 5.08. The molecule has 33 heavy (non-hydrogen) atoms. The maximum absolute atomic E-state index is 12.9. The summed E-state index contributed by atoms with van der Waals surface area (Å²) in [5, 5.41) is 20.9. The van der Waals surface area contributed by atoms with Gasteiger partial charge < -0.3 is 10.8 Å². The molecule has 0 aromatic heterocycles. The molecule has 0 radical (unpaired) electrons. The number of nitrogens with zero attached hydrogens (tertiary/aromatic N) is 4. The molecule has 1 aliphatic heterocycles. The predicted molar refractivity (Wildman–Crippen MR) is 113 cm³/mol. The van der Waals surface area contributed by atoms with Crippen LogP contribution in [0.15, 0.2) is 61.5 Å². The van der Waals surface area contributed by atoms with Crippen LogP contribution in [0.5, 0.6) is 0 Å². The number of anilines is 2. The molecule has 5 N–H and O–H groups in total. The fourth-order valence-electron chi connectivity index (χ4n) is 2.94. The number of amides is 1. The number of carboxylic acid groups (broad SMARTS) is 1. The normalized spacial score (nSPS) is 16.9. The number of hydrogen-bond acceptors (Lipinski definition) is 10. The number of carboxylic acids is 1. The molecule has 0 saturated heterocycles. The lowest BCUT2D eigenvalue weighted by atomic mass is 10.1. The van der Waals surface area contributed by atoms with E-state index in [0.29, 0.717) is 5.01 Å². The Labute approximate surface area is 186 Å². The number of rotatable bonds is 6. The van der Waals surface area contributed by atoms with Gasteiger partial charge in [-0.2, -0.15) is 37.2 Å². The highest BCUT2D eigenvalue weighted by molar-refractivity contribution is 7.86. The molecule has 0 fully saturated rings. The van der Waals surface area contributed by atoms with E-state index in [2.05, 4.69) is 15.3 Å². The smallest absolute Gasteiger partial charge is 0.355 e. The van der Waals surface area contributed by atoms with Crippen LogP contribution in [-0.2, 0) is 29.8 Å². The molecule has 3 rings (SSSR count). The van der Waals surface area contributed by atoms with Crippen LogP contribution in [-0.4, -0.2) is 54.7 Å². The van der Waals surface area contributed by atoms with Gasteiger partial charge in [-0.05, 0) is 36.8 Å². The lowest BCUT2D eigenvalue weighted by Crippen LogP contribution is -2.33. The number of carbonyl (C=O) groups excluding carboxylic acids is 1. The van der Waals surface area contributed by atoms with Crippen molar-refractivity contribution < 1.29 is 40.6 Å². The summed E-state index contributed by atoms with van der Waals surface area (Å²) in [5.41, 5.74) is 3.93. The van der Waals surface area contributed by atoms with Gasteiger partial charge in [0.25, 0.3) is 26.1 Å². The van der Waals surface area contributed by atoms with E-state index in [1.807, 2.05) is 0 Å². The summed E-state index contributed by atoms with van der Waals surface area (Å²) in [6.45, 7) is 1.23. The number of nitrogen functional groups attached to an aromatic ring is 1. The van der Waals surface area contributed by atoms with Gasteiger partial charge in [0.1, 0.15) is 15.5 Å². The summed E-state index contributed by atoms with van der Waals surface area (Å²) in [4.78, 5) is 23.3. The van der Waals surface area contributed by atoms with E-state index in [1.54, 1.807) is 0 Å². The standard InChI is InChI=1S/C17H15N5O9S2/c1-8-11(6-9(18)7-13(8)33(29,30)31)22-16(23)14(15(21-22)17(24)25)20-19-10-4-2-3-5-12(10)32(26,27)28/h2-7,14H,18H2,1H3,(H,24,25)(H,26,27,28)(H,29,30,31). The monoisotopic (exact) mass is 497 g/mol. The number of nitrogens with two attached hydrogens (primary N) is 1. The molecule has 0 saturated carbocycles. The fourth-order valence-corrected chi connectivity index (χ4v) is 4.34. The number of carbonyl (C=O) groups is 2. The van der Waals surface area contributed by atoms with Crippen molar-refractivity contribution in [3.8, 4) is 0 Å². The molecular formula is C17H15N5O9S2. The summed E-state index contributed by atoms with van der Waals surface area (Å²) in [5.74, 6) is -2.73. The van der Waals surface area contributed by atoms with Gasteiger partial charge in [-0.25, -0.2) is 4.79 Å². The van der Waals surface area contributed by atoms with Gasteiger partial charge in [-0.15, -0.1) is 0 Å². The zero-order chi connectivity index (χ0) is 24.7. The molecule has 174 valence electrons. The minimum absolute atomic E-state index is 0.150. The molecule has 1 heterocycles. The minimum Gasteiger partial charge on any atom is -0.477 e. The Balaban J connectivity index is 2.09. The number of azo groups is 1. The van der Waals surface area contributed by atoms with E-state index in [4.69, 9.17) is 5.73 Å². The van der Waals surface area contributed by atoms with E-state index in [-0.39, 0.29) is 22.6 Å². The van der Waals surface area contributed by atoms with Crippen molar-refractivity contribution in [1.82, 2.24) is 0 Å². The Morgan fingerprint density at radius 1 is 1.09 bits per heavy atom. The third kappa shape index (κ3) is 4.72. The van der Waals surface area contributed by atoms with Crippen LogP contribution in [0.4, 0.5) is 17.1 Å². The zero-order valence-electron chi connectivity index (χ0n) is 16.5. The first-order valence-electron chi connectivity index (χ1n) is 8.72. The minimum atomic E-state index is -4.74. The molecule has 1 atom stereocenters. The third-order valence-corrected chi connectivity index (χ3v) is 6.29. The highest BCUT2D eigenvalue weighted by Crippen LogP contribution is 2.33. The van der Waals surface area contributed by atoms with Crippen LogP contribution >= 0.6 is 0 Å². The zero-order valence-corrected chi connectivity index (χ0v) is 18.1. The van der Waals surface area contributed by atoms with Crippen LogP contribution in [0.1, 0.15) is 5.56 Å². The Morgan fingerprint density at radius 3 is 2.27 bits per heavy atom. The molecule has 1 aliphatic rings. The summed E-state index contributed by atoms with van der Waals surface area (Å²) >= 11 is 0. The van der Waals surface area contributed by atoms with Crippen LogP contribution in [0.2, 0.25) is 0 Å². The van der Waals surface area contributed by atoms with Gasteiger partial charge in [-0.3, -0.25) is 13.9 Å². The van der Waals surface area contributed by atoms with Gasteiger partial charge in [0.2, 0.25) is 6.04 Å². The SMILES string of the molecule is Cc1c(N2N=C(C(=O)O)C(N=Nc3ccccc3S(=O)(=O)O)C2=O)cc(N)cc1S(=O)(=O)O. The molecule has 1 unspecified atom stereocenters. The summed E-state index contributed by atoms with van der Waals surface area (Å²) < 4.78 is 64.9. The van der Waals surface area contributed by atoms with E-state index in [9.17, 15) is 40.6 Å². The number of benzene rings is 2. The van der Waals surface area contributed by atoms with Crippen LogP contribution < -0.4 is 10.7 Å². The predicted octanol–water partition coefficient (Wildman–Crippen LogP) is 1.01. The molecule has 2 aromatic carbocycles. The van der Waals surface area contributed by atoms with E-state index >= 15 is 0 Å². The average molecular weight is 497 g/mol. The average Bonchev–Trinajstić information content (AvgIpc) is 3.03. The summed E-state index contributed by atoms with van der Waals surface area (Å²) in [7, 11) is -9.43. The lowest BCUT2D eigenvalue weighted by molar-refractivity contribution is -0.130. The first-order valence-corrected chi connectivity index (χ1v) is 11.6. The second-order valence-corrected chi connectivity index (χ2v) is 9.42. The molecule has 14 nitrogen and oxygen atoms in total. The third-order valence-electron chi connectivity index (χ3n) is 4.41. The largest absolute Gasteiger partial charge is 0.477 e. The van der Waals surface area contributed by atoms with Crippen LogP contribution in [0, 0.1) is 6.92 Å². The van der Waals surface area contributed by atoms with Gasteiger partial charge in [-0.1, -0.05) is 12.1 Å². The van der Waals surface area contributed by atoms with Crippen molar-refractivity contribution >= 4 is 54.9 Å². The molecule has 0 aliphatic carbocycles. The molecule has 0 bridgehead atoms. The maximum Gasteiger partial charge on any atom is 0.355 e. The van der Waals surface area contributed by atoms with Gasteiger partial charge >= 0.3 is 5.97 Å². The van der Waals surface area contributed by atoms with Crippen molar-refractivity contribution in [2.24, 2.45) is 15.3 Å². The van der Waals surface area contributed by atoms with Crippen molar-refractivity contribution in [3.05, 3.63) is 42.0 Å². The van der Waals surface area contributed by atoms with Crippen molar-refractivity contribution in [3.63, 3.8) is 0 Å². The molecular weight excluding hydrogens is 482 g/mol. The van der Waals surface area contributed by atoms with Crippen LogP contribution in [0.25, 0.3) is 0 Å². The number of aliphatic carboxylic acids is 1. The van der Waals surface area contributed by atoms with Crippen molar-refractivity contribution in [2.45, 2.75) is 22.8 Å².